The predicted octanol–water partition coefficient (Wildman–Crippen LogP) is 3.64. The van der Waals surface area contributed by atoms with E-state index in [0.717, 1.165) is 27.8 Å². The molecule has 0 amide bonds. The number of rotatable bonds is 5. The standard InChI is InChI=1S/C17H15N5S/c1-13-6-2-3-8-15(13)22-16(14-7-4-10-19-12-14)20-21-17(22)23-11-5-9-18/h2-4,6-8,10,12H,5,11H2,1H3. The summed E-state index contributed by atoms with van der Waals surface area (Å²) in [6.45, 7) is 2.06. The van der Waals surface area contributed by atoms with Crippen LogP contribution in [0.2, 0.25) is 0 Å². The lowest BCUT2D eigenvalue weighted by Crippen LogP contribution is -2.02. The molecule has 114 valence electrons. The maximum Gasteiger partial charge on any atom is 0.196 e. The molecular weight excluding hydrogens is 306 g/mol. The zero-order valence-corrected chi connectivity index (χ0v) is 13.5. The molecule has 0 unspecified atom stereocenters. The second-order valence-electron chi connectivity index (χ2n) is 4.93. The molecule has 1 aromatic carbocycles. The molecule has 2 heterocycles. The van der Waals surface area contributed by atoms with Crippen LogP contribution in [0.15, 0.2) is 53.9 Å². The monoisotopic (exact) mass is 321 g/mol. The summed E-state index contributed by atoms with van der Waals surface area (Å²) in [5.41, 5.74) is 3.09. The Hall–Kier alpha value is -2.65. The Labute approximate surface area is 139 Å². The minimum Gasteiger partial charge on any atom is -0.270 e. The molecule has 0 aliphatic rings. The van der Waals surface area contributed by atoms with Gasteiger partial charge >= 0.3 is 0 Å². The number of para-hydroxylation sites is 1. The minimum absolute atomic E-state index is 0.480. The summed E-state index contributed by atoms with van der Waals surface area (Å²) in [6.07, 6.45) is 4.00. The molecule has 0 radical (unpaired) electrons. The van der Waals surface area contributed by atoms with Crippen molar-refractivity contribution in [1.29, 1.82) is 5.26 Å². The van der Waals surface area contributed by atoms with Crippen molar-refractivity contribution in [2.24, 2.45) is 0 Å². The van der Waals surface area contributed by atoms with Gasteiger partial charge in [0.2, 0.25) is 0 Å². The molecule has 0 spiro atoms. The van der Waals surface area contributed by atoms with Crippen LogP contribution in [-0.2, 0) is 0 Å². The first-order chi connectivity index (χ1) is 11.3. The number of nitriles is 1. The van der Waals surface area contributed by atoms with Gasteiger partial charge in [-0.05, 0) is 30.7 Å². The average molecular weight is 321 g/mol. The zero-order valence-electron chi connectivity index (χ0n) is 12.7. The van der Waals surface area contributed by atoms with Gasteiger partial charge in [-0.3, -0.25) is 9.55 Å². The van der Waals surface area contributed by atoms with Crippen molar-refractivity contribution >= 4 is 11.8 Å². The van der Waals surface area contributed by atoms with Gasteiger partial charge in [0.05, 0.1) is 11.8 Å². The SMILES string of the molecule is Cc1ccccc1-n1c(SCCC#N)nnc1-c1cccnc1. The van der Waals surface area contributed by atoms with Crippen molar-refractivity contribution in [1.82, 2.24) is 19.7 Å². The van der Waals surface area contributed by atoms with E-state index in [0.29, 0.717) is 12.2 Å². The zero-order chi connectivity index (χ0) is 16.1. The van der Waals surface area contributed by atoms with Gasteiger partial charge in [0.15, 0.2) is 11.0 Å². The van der Waals surface area contributed by atoms with Gasteiger partial charge in [-0.2, -0.15) is 5.26 Å². The van der Waals surface area contributed by atoms with Crippen molar-refractivity contribution in [2.45, 2.75) is 18.5 Å². The lowest BCUT2D eigenvalue weighted by atomic mass is 10.2. The van der Waals surface area contributed by atoms with Crippen LogP contribution in [0.25, 0.3) is 17.1 Å². The first-order valence-corrected chi connectivity index (χ1v) is 8.21. The van der Waals surface area contributed by atoms with Crippen LogP contribution in [0.3, 0.4) is 0 Å². The van der Waals surface area contributed by atoms with Crippen LogP contribution < -0.4 is 0 Å². The van der Waals surface area contributed by atoms with Crippen LogP contribution in [0.1, 0.15) is 12.0 Å². The molecular formula is C17H15N5S. The molecule has 0 fully saturated rings. The van der Waals surface area contributed by atoms with Gasteiger partial charge in [0.1, 0.15) is 0 Å². The number of aromatic nitrogens is 4. The summed E-state index contributed by atoms with van der Waals surface area (Å²) in [7, 11) is 0. The number of thioether (sulfide) groups is 1. The molecule has 6 heteroatoms. The molecule has 0 saturated carbocycles. The maximum atomic E-state index is 8.74. The van der Waals surface area contributed by atoms with Gasteiger partial charge in [-0.15, -0.1) is 10.2 Å². The fourth-order valence-electron chi connectivity index (χ4n) is 2.26. The third-order valence-corrected chi connectivity index (χ3v) is 4.29. The Morgan fingerprint density at radius 3 is 2.78 bits per heavy atom. The Morgan fingerprint density at radius 2 is 2.04 bits per heavy atom. The third-order valence-electron chi connectivity index (χ3n) is 3.35. The normalized spacial score (nSPS) is 10.4. The predicted molar refractivity (Wildman–Crippen MR) is 90.3 cm³/mol. The summed E-state index contributed by atoms with van der Waals surface area (Å²) in [5.74, 6) is 1.44. The molecule has 0 N–H and O–H groups in total. The van der Waals surface area contributed by atoms with E-state index in [4.69, 9.17) is 5.26 Å². The van der Waals surface area contributed by atoms with E-state index in [1.807, 2.05) is 34.9 Å². The van der Waals surface area contributed by atoms with E-state index in [1.165, 1.54) is 11.8 Å². The highest BCUT2D eigenvalue weighted by atomic mass is 32.2. The van der Waals surface area contributed by atoms with Crippen LogP contribution in [-0.4, -0.2) is 25.5 Å². The fourth-order valence-corrected chi connectivity index (χ4v) is 3.05. The van der Waals surface area contributed by atoms with E-state index < -0.39 is 0 Å². The highest BCUT2D eigenvalue weighted by molar-refractivity contribution is 7.99. The van der Waals surface area contributed by atoms with E-state index in [-0.39, 0.29) is 0 Å². The van der Waals surface area contributed by atoms with Crippen molar-refractivity contribution < 1.29 is 0 Å². The first-order valence-electron chi connectivity index (χ1n) is 7.23. The minimum atomic E-state index is 0.480. The molecule has 0 atom stereocenters. The number of aryl methyl sites for hydroxylation is 1. The summed E-state index contributed by atoms with van der Waals surface area (Å²) >= 11 is 1.54. The Kier molecular flexibility index (Phi) is 4.69. The van der Waals surface area contributed by atoms with Gasteiger partial charge in [0.25, 0.3) is 0 Å². The van der Waals surface area contributed by atoms with Crippen molar-refractivity contribution in [3.63, 3.8) is 0 Å². The van der Waals surface area contributed by atoms with Gasteiger partial charge in [-0.1, -0.05) is 30.0 Å². The smallest absolute Gasteiger partial charge is 0.196 e. The molecule has 0 saturated heterocycles. The lowest BCUT2D eigenvalue weighted by molar-refractivity contribution is 0.880. The fraction of sp³-hybridized carbons (Fsp3) is 0.176. The number of benzene rings is 1. The molecule has 0 bridgehead atoms. The molecule has 3 rings (SSSR count). The highest BCUT2D eigenvalue weighted by Gasteiger charge is 2.17. The number of hydrogen-bond donors (Lipinski definition) is 0. The second kappa shape index (κ2) is 7.07. The van der Waals surface area contributed by atoms with Gasteiger partial charge in [-0.25, -0.2) is 0 Å². The number of hydrogen-bond acceptors (Lipinski definition) is 5. The summed E-state index contributed by atoms with van der Waals surface area (Å²) in [6, 6.07) is 14.1. The van der Waals surface area contributed by atoms with Gasteiger partial charge in [0, 0.05) is 30.1 Å². The second-order valence-corrected chi connectivity index (χ2v) is 5.99. The topological polar surface area (TPSA) is 67.4 Å². The molecule has 5 nitrogen and oxygen atoms in total. The molecule has 2 aromatic heterocycles. The van der Waals surface area contributed by atoms with E-state index in [1.54, 1.807) is 12.4 Å². The highest BCUT2D eigenvalue weighted by Crippen LogP contribution is 2.29. The van der Waals surface area contributed by atoms with Crippen LogP contribution in [0.4, 0.5) is 0 Å². The van der Waals surface area contributed by atoms with Crippen LogP contribution >= 0.6 is 11.8 Å². The van der Waals surface area contributed by atoms with Crippen molar-refractivity contribution in [3.05, 3.63) is 54.4 Å². The number of pyridine rings is 1. The quantitative estimate of drug-likeness (QED) is 0.530. The summed E-state index contributed by atoms with van der Waals surface area (Å²) in [4.78, 5) is 4.17. The molecule has 0 aliphatic heterocycles. The van der Waals surface area contributed by atoms with E-state index in [9.17, 15) is 0 Å². The Morgan fingerprint density at radius 1 is 1.17 bits per heavy atom. The van der Waals surface area contributed by atoms with Crippen molar-refractivity contribution in [2.75, 3.05) is 5.75 Å². The van der Waals surface area contributed by atoms with E-state index in [2.05, 4.69) is 34.2 Å². The lowest BCUT2D eigenvalue weighted by Gasteiger charge is -2.12. The van der Waals surface area contributed by atoms with Crippen molar-refractivity contribution in [3.8, 4) is 23.1 Å². The average Bonchev–Trinajstić information content (AvgIpc) is 3.00. The van der Waals surface area contributed by atoms with Crippen LogP contribution in [0, 0.1) is 18.3 Å². The summed E-state index contributed by atoms with van der Waals surface area (Å²) < 4.78 is 2.04. The third kappa shape index (κ3) is 3.25. The Bertz CT molecular complexity index is 836. The molecule has 23 heavy (non-hydrogen) atoms. The van der Waals surface area contributed by atoms with E-state index >= 15 is 0 Å². The maximum absolute atomic E-state index is 8.74. The van der Waals surface area contributed by atoms with Crippen LogP contribution in [0.5, 0.6) is 0 Å². The molecule has 3 aromatic rings. The van der Waals surface area contributed by atoms with Gasteiger partial charge < -0.3 is 0 Å². The largest absolute Gasteiger partial charge is 0.270 e. The number of nitrogens with zero attached hydrogens (tertiary/aromatic N) is 5. The first kappa shape index (κ1) is 15.3. The Balaban J connectivity index is 2.11. The summed E-state index contributed by atoms with van der Waals surface area (Å²) in [5, 5.41) is 18.2. The molecule has 0 aliphatic carbocycles.